The molecule has 0 saturated carbocycles. The maximum absolute atomic E-state index is 12.4. The van der Waals surface area contributed by atoms with Crippen molar-refractivity contribution in [3.8, 4) is 5.95 Å². The van der Waals surface area contributed by atoms with Gasteiger partial charge in [-0.25, -0.2) is 19.4 Å². The van der Waals surface area contributed by atoms with Crippen LogP contribution in [0.25, 0.3) is 5.95 Å². The van der Waals surface area contributed by atoms with Crippen molar-refractivity contribution in [2.75, 3.05) is 11.9 Å². The van der Waals surface area contributed by atoms with Crippen LogP contribution >= 0.6 is 0 Å². The molecule has 0 saturated heterocycles. The fourth-order valence-corrected chi connectivity index (χ4v) is 3.17. The van der Waals surface area contributed by atoms with E-state index < -0.39 is 18.5 Å². The molecule has 0 unspecified atom stereocenters. The Kier molecular flexibility index (Phi) is 6.20. The average Bonchev–Trinajstić information content (AvgIpc) is 3.38. The maximum Gasteiger partial charge on any atom is 0.361 e. The topological polar surface area (TPSA) is 130 Å². The highest BCUT2D eigenvalue weighted by Crippen LogP contribution is 2.15. The van der Waals surface area contributed by atoms with Crippen molar-refractivity contribution in [1.82, 2.24) is 34.7 Å². The molecule has 1 N–H and O–H groups in total. The summed E-state index contributed by atoms with van der Waals surface area (Å²) in [6.07, 6.45) is 1.48. The second-order valence-electron chi connectivity index (χ2n) is 7.44. The zero-order chi connectivity index (χ0) is 23.4. The van der Waals surface area contributed by atoms with Gasteiger partial charge in [-0.1, -0.05) is 35.5 Å². The second-order valence-corrected chi connectivity index (χ2v) is 7.44. The molecular weight excluding hydrogens is 424 g/mol. The number of hydrogen-bond donors (Lipinski definition) is 1. The van der Waals surface area contributed by atoms with Crippen LogP contribution in [0.4, 0.5) is 5.82 Å². The number of aryl methyl sites for hydroxylation is 3. The van der Waals surface area contributed by atoms with Crippen LogP contribution in [-0.4, -0.2) is 53.2 Å². The highest BCUT2D eigenvalue weighted by molar-refractivity contribution is 5.94. The van der Waals surface area contributed by atoms with Crippen molar-refractivity contribution >= 4 is 17.7 Å². The molecular formula is C22H22N8O3. The Bertz CT molecular complexity index is 1280. The molecule has 0 aliphatic rings. The van der Waals surface area contributed by atoms with Crippen molar-refractivity contribution in [2.45, 2.75) is 27.3 Å². The molecule has 0 aliphatic heterocycles. The fraction of sp³-hybridized carbons (Fsp3) is 0.227. The molecule has 11 heteroatoms. The first kappa shape index (κ1) is 21.8. The molecule has 0 radical (unpaired) electrons. The van der Waals surface area contributed by atoms with Gasteiger partial charge in [0.25, 0.3) is 11.9 Å². The van der Waals surface area contributed by atoms with E-state index in [0.29, 0.717) is 24.0 Å². The zero-order valence-electron chi connectivity index (χ0n) is 18.4. The maximum atomic E-state index is 12.4. The molecule has 0 aliphatic carbocycles. The molecule has 0 atom stereocenters. The van der Waals surface area contributed by atoms with E-state index in [-0.39, 0.29) is 5.69 Å². The van der Waals surface area contributed by atoms with Crippen molar-refractivity contribution < 1.29 is 14.3 Å². The van der Waals surface area contributed by atoms with Crippen molar-refractivity contribution in [3.63, 3.8) is 0 Å². The average molecular weight is 446 g/mol. The Morgan fingerprint density at radius 1 is 1.00 bits per heavy atom. The molecule has 4 aromatic rings. The Balaban J connectivity index is 1.37. The first-order chi connectivity index (χ1) is 15.9. The van der Waals surface area contributed by atoms with Crippen molar-refractivity contribution in [1.29, 1.82) is 0 Å². The van der Waals surface area contributed by atoms with Crippen LogP contribution in [0, 0.1) is 20.8 Å². The summed E-state index contributed by atoms with van der Waals surface area (Å²) in [5.74, 6) is -0.576. The quantitative estimate of drug-likeness (QED) is 0.427. The number of esters is 1. The third kappa shape index (κ3) is 5.45. The van der Waals surface area contributed by atoms with Gasteiger partial charge in [-0.3, -0.25) is 4.79 Å². The van der Waals surface area contributed by atoms with Crippen molar-refractivity contribution in [2.24, 2.45) is 0 Å². The summed E-state index contributed by atoms with van der Waals surface area (Å²) in [5, 5.41) is 14.8. The third-order valence-corrected chi connectivity index (χ3v) is 4.53. The normalized spacial score (nSPS) is 10.8. The highest BCUT2D eigenvalue weighted by Gasteiger charge is 2.17. The standard InChI is InChI=1S/C22H22N8O3/c1-14-9-15(2)24-22(23-14)30-19(10-16(3)27-30)25-20(31)13-33-21(32)18-12-29(28-26-18)11-17-7-5-4-6-8-17/h4-10,12H,11,13H2,1-3H3,(H,25,31). The summed E-state index contributed by atoms with van der Waals surface area (Å²) < 4.78 is 8.05. The zero-order valence-corrected chi connectivity index (χ0v) is 18.4. The fourth-order valence-electron chi connectivity index (χ4n) is 3.17. The first-order valence-corrected chi connectivity index (χ1v) is 10.2. The van der Waals surface area contributed by atoms with Crippen LogP contribution < -0.4 is 5.32 Å². The molecule has 3 aromatic heterocycles. The highest BCUT2D eigenvalue weighted by atomic mass is 16.5. The van der Waals surface area contributed by atoms with Crippen LogP contribution in [0.3, 0.4) is 0 Å². The number of aromatic nitrogens is 7. The Morgan fingerprint density at radius 3 is 2.45 bits per heavy atom. The van der Waals surface area contributed by atoms with Gasteiger partial charge in [0.1, 0.15) is 5.82 Å². The lowest BCUT2D eigenvalue weighted by atomic mass is 10.2. The number of carbonyl (C=O) groups is 2. The minimum Gasteiger partial charge on any atom is -0.451 e. The molecule has 33 heavy (non-hydrogen) atoms. The van der Waals surface area contributed by atoms with Gasteiger partial charge >= 0.3 is 5.97 Å². The van der Waals surface area contributed by atoms with Gasteiger partial charge in [0.05, 0.1) is 18.4 Å². The van der Waals surface area contributed by atoms with Gasteiger partial charge in [-0.2, -0.15) is 9.78 Å². The van der Waals surface area contributed by atoms with Crippen LogP contribution in [0.15, 0.2) is 48.7 Å². The molecule has 1 aromatic carbocycles. The molecule has 11 nitrogen and oxygen atoms in total. The number of amides is 1. The molecule has 3 heterocycles. The predicted molar refractivity (Wildman–Crippen MR) is 118 cm³/mol. The lowest BCUT2D eigenvalue weighted by Gasteiger charge is -2.09. The molecule has 1 amide bonds. The number of hydrogen-bond acceptors (Lipinski definition) is 8. The lowest BCUT2D eigenvalue weighted by Crippen LogP contribution is -2.23. The molecule has 4 rings (SSSR count). The monoisotopic (exact) mass is 446 g/mol. The van der Waals surface area contributed by atoms with Crippen LogP contribution in [0.1, 0.15) is 33.1 Å². The number of ether oxygens (including phenoxy) is 1. The van der Waals surface area contributed by atoms with Crippen LogP contribution in [-0.2, 0) is 16.1 Å². The van der Waals surface area contributed by atoms with E-state index in [0.717, 1.165) is 17.0 Å². The second kappa shape index (κ2) is 9.39. The Labute approximate surface area is 189 Å². The minimum absolute atomic E-state index is 0.0169. The summed E-state index contributed by atoms with van der Waals surface area (Å²) >= 11 is 0. The largest absolute Gasteiger partial charge is 0.451 e. The van der Waals surface area contributed by atoms with E-state index in [4.69, 9.17) is 4.74 Å². The summed E-state index contributed by atoms with van der Waals surface area (Å²) in [6.45, 7) is 5.45. The van der Waals surface area contributed by atoms with E-state index in [2.05, 4.69) is 30.7 Å². The van der Waals surface area contributed by atoms with E-state index in [9.17, 15) is 9.59 Å². The van der Waals surface area contributed by atoms with E-state index in [1.165, 1.54) is 15.6 Å². The summed E-state index contributed by atoms with van der Waals surface area (Å²) in [5.41, 5.74) is 3.25. The van der Waals surface area contributed by atoms with E-state index in [1.54, 1.807) is 13.0 Å². The van der Waals surface area contributed by atoms with E-state index in [1.807, 2.05) is 50.2 Å². The molecule has 168 valence electrons. The SMILES string of the molecule is Cc1cc(C)nc(-n2nc(C)cc2NC(=O)COC(=O)c2cn(Cc3ccccc3)nn2)n1. The molecule has 0 spiro atoms. The van der Waals surface area contributed by atoms with E-state index >= 15 is 0 Å². The van der Waals surface area contributed by atoms with Crippen molar-refractivity contribution in [3.05, 3.63) is 77.0 Å². The predicted octanol–water partition coefficient (Wildman–Crippen LogP) is 2.02. The molecule has 0 fully saturated rings. The van der Waals surface area contributed by atoms with Gasteiger partial charge in [0, 0.05) is 17.5 Å². The Hall–Kier alpha value is -4.41. The van der Waals surface area contributed by atoms with Crippen LogP contribution in [0.2, 0.25) is 0 Å². The number of nitrogens with one attached hydrogen (secondary N) is 1. The first-order valence-electron chi connectivity index (χ1n) is 10.2. The summed E-state index contributed by atoms with van der Waals surface area (Å²) in [7, 11) is 0. The molecule has 0 bridgehead atoms. The van der Waals surface area contributed by atoms with Gasteiger partial charge in [0.2, 0.25) is 0 Å². The third-order valence-electron chi connectivity index (χ3n) is 4.53. The number of anilines is 1. The van der Waals surface area contributed by atoms with Gasteiger partial charge in [0.15, 0.2) is 12.3 Å². The van der Waals surface area contributed by atoms with Crippen LogP contribution in [0.5, 0.6) is 0 Å². The van der Waals surface area contributed by atoms with Gasteiger partial charge < -0.3 is 10.1 Å². The smallest absolute Gasteiger partial charge is 0.361 e. The summed E-state index contributed by atoms with van der Waals surface area (Å²) in [6, 6.07) is 13.2. The summed E-state index contributed by atoms with van der Waals surface area (Å²) in [4.78, 5) is 33.4. The number of nitrogens with zero attached hydrogens (tertiary/aromatic N) is 7. The lowest BCUT2D eigenvalue weighted by molar-refractivity contribution is -0.119. The number of carbonyl (C=O) groups excluding carboxylic acids is 2. The number of benzene rings is 1. The minimum atomic E-state index is -0.744. The van der Waals surface area contributed by atoms with Gasteiger partial charge in [-0.05, 0) is 32.4 Å². The Morgan fingerprint density at radius 2 is 1.73 bits per heavy atom. The number of rotatable bonds is 7. The van der Waals surface area contributed by atoms with Gasteiger partial charge in [-0.15, -0.1) is 5.10 Å².